The van der Waals surface area contributed by atoms with Gasteiger partial charge in [-0.3, -0.25) is 0 Å². The third-order valence-corrected chi connectivity index (χ3v) is 2.13. The molecule has 0 amide bonds. The molecule has 1 N–H and O–H groups in total. The highest BCUT2D eigenvalue weighted by atomic mass is 19.3. The Morgan fingerprint density at radius 3 is 2.56 bits per heavy atom. The van der Waals surface area contributed by atoms with Gasteiger partial charge in [0.05, 0.1) is 18.1 Å². The number of hydrogen-bond donors (Lipinski definition) is 1. The zero-order valence-electron chi connectivity index (χ0n) is 8.60. The van der Waals surface area contributed by atoms with Crippen LogP contribution in [0.2, 0.25) is 0 Å². The van der Waals surface area contributed by atoms with Crippen LogP contribution in [0.15, 0.2) is 24.3 Å². The highest BCUT2D eigenvalue weighted by Gasteiger charge is 2.20. The molecule has 86 valence electrons. The summed E-state index contributed by atoms with van der Waals surface area (Å²) >= 11 is 0. The van der Waals surface area contributed by atoms with E-state index >= 15 is 0 Å². The van der Waals surface area contributed by atoms with Crippen molar-refractivity contribution in [1.82, 2.24) is 0 Å². The van der Waals surface area contributed by atoms with Crippen LogP contribution in [-0.2, 0) is 0 Å². The van der Waals surface area contributed by atoms with E-state index in [1.807, 2.05) is 6.07 Å². The largest absolute Gasteiger partial charge is 0.434 e. The van der Waals surface area contributed by atoms with Gasteiger partial charge in [-0.15, -0.1) is 0 Å². The molecule has 0 heterocycles. The van der Waals surface area contributed by atoms with Crippen molar-refractivity contribution < 1.29 is 18.6 Å². The number of rotatable bonds is 4. The van der Waals surface area contributed by atoms with Crippen LogP contribution in [0.5, 0.6) is 5.75 Å². The summed E-state index contributed by atoms with van der Waals surface area (Å²) in [5, 5.41) is 18.4. The summed E-state index contributed by atoms with van der Waals surface area (Å²) in [5.41, 5.74) is 0.192. The average molecular weight is 227 g/mol. The highest BCUT2D eigenvalue weighted by molar-refractivity contribution is 5.35. The van der Waals surface area contributed by atoms with Gasteiger partial charge in [-0.05, 0) is 13.0 Å². The summed E-state index contributed by atoms with van der Waals surface area (Å²) in [5.74, 6) is -0.797. The standard InChI is InChI=1S/C11H11F2NO2/c1-7(6-14)10(15)8-4-2-3-5-9(8)16-11(12)13/h2-5,7,10-11,15H,1H3. The molecule has 1 rings (SSSR count). The molecule has 0 aliphatic rings. The predicted molar refractivity (Wildman–Crippen MR) is 52.8 cm³/mol. The summed E-state index contributed by atoms with van der Waals surface area (Å²) < 4.78 is 28.4. The fourth-order valence-electron chi connectivity index (χ4n) is 1.27. The van der Waals surface area contributed by atoms with Crippen molar-refractivity contribution >= 4 is 0 Å². The highest BCUT2D eigenvalue weighted by Crippen LogP contribution is 2.30. The van der Waals surface area contributed by atoms with E-state index in [1.165, 1.54) is 25.1 Å². The summed E-state index contributed by atoms with van der Waals surface area (Å²) in [4.78, 5) is 0. The second-order valence-electron chi connectivity index (χ2n) is 3.28. The van der Waals surface area contributed by atoms with Crippen molar-refractivity contribution in [3.63, 3.8) is 0 Å². The minimum atomic E-state index is -2.95. The molecule has 0 aliphatic carbocycles. The predicted octanol–water partition coefficient (Wildman–Crippen LogP) is 2.48. The molecule has 2 atom stereocenters. The van der Waals surface area contributed by atoms with Crippen LogP contribution in [0, 0.1) is 17.2 Å². The van der Waals surface area contributed by atoms with Crippen molar-refractivity contribution in [3.8, 4) is 11.8 Å². The maximum atomic E-state index is 12.1. The van der Waals surface area contributed by atoms with Crippen molar-refractivity contribution in [2.24, 2.45) is 5.92 Å². The fraction of sp³-hybridized carbons (Fsp3) is 0.364. The van der Waals surface area contributed by atoms with Crippen LogP contribution in [-0.4, -0.2) is 11.7 Å². The molecular formula is C11H11F2NO2. The molecule has 0 saturated heterocycles. The summed E-state index contributed by atoms with van der Waals surface area (Å²) in [6, 6.07) is 7.74. The molecule has 2 unspecified atom stereocenters. The Kier molecular flexibility index (Phi) is 4.20. The van der Waals surface area contributed by atoms with Gasteiger partial charge in [-0.25, -0.2) is 0 Å². The molecule has 0 aliphatic heterocycles. The van der Waals surface area contributed by atoms with Crippen molar-refractivity contribution in [1.29, 1.82) is 5.26 Å². The summed E-state index contributed by atoms with van der Waals surface area (Å²) in [7, 11) is 0. The maximum absolute atomic E-state index is 12.1. The summed E-state index contributed by atoms with van der Waals surface area (Å²) in [6.07, 6.45) is -1.14. The molecule has 5 heteroatoms. The lowest BCUT2D eigenvalue weighted by molar-refractivity contribution is -0.0518. The molecular weight excluding hydrogens is 216 g/mol. The Hall–Kier alpha value is -1.67. The number of aliphatic hydroxyl groups excluding tert-OH is 1. The van der Waals surface area contributed by atoms with E-state index in [9.17, 15) is 13.9 Å². The number of alkyl halides is 2. The molecule has 1 aromatic rings. The van der Waals surface area contributed by atoms with Gasteiger partial charge in [-0.1, -0.05) is 18.2 Å². The van der Waals surface area contributed by atoms with Crippen LogP contribution in [0.1, 0.15) is 18.6 Å². The van der Waals surface area contributed by atoms with E-state index in [0.717, 1.165) is 0 Å². The maximum Gasteiger partial charge on any atom is 0.387 e. The average Bonchev–Trinajstić information content (AvgIpc) is 2.27. The van der Waals surface area contributed by atoms with Crippen molar-refractivity contribution in [2.45, 2.75) is 19.6 Å². The zero-order chi connectivity index (χ0) is 12.1. The van der Waals surface area contributed by atoms with E-state index in [-0.39, 0.29) is 11.3 Å². The number of halogens is 2. The van der Waals surface area contributed by atoms with E-state index in [0.29, 0.717) is 0 Å². The first-order valence-corrected chi connectivity index (χ1v) is 4.67. The summed E-state index contributed by atoms with van der Waals surface area (Å²) in [6.45, 7) is -1.45. The van der Waals surface area contributed by atoms with Crippen LogP contribution in [0.25, 0.3) is 0 Å². The smallest absolute Gasteiger partial charge is 0.387 e. The molecule has 1 aromatic carbocycles. The molecule has 0 radical (unpaired) electrons. The fourth-order valence-corrected chi connectivity index (χ4v) is 1.27. The van der Waals surface area contributed by atoms with Gasteiger partial charge in [0.2, 0.25) is 0 Å². The lowest BCUT2D eigenvalue weighted by Crippen LogP contribution is -2.11. The first kappa shape index (κ1) is 12.4. The van der Waals surface area contributed by atoms with Gasteiger partial charge < -0.3 is 9.84 Å². The SMILES string of the molecule is CC(C#N)C(O)c1ccccc1OC(F)F. The van der Waals surface area contributed by atoms with Crippen molar-refractivity contribution in [2.75, 3.05) is 0 Å². The Bertz CT molecular complexity index is 390. The zero-order valence-corrected chi connectivity index (χ0v) is 8.60. The normalized spacial score (nSPS) is 14.2. The quantitative estimate of drug-likeness (QED) is 0.859. The Morgan fingerprint density at radius 2 is 2.00 bits per heavy atom. The third kappa shape index (κ3) is 2.91. The molecule has 0 saturated carbocycles. The lowest BCUT2D eigenvalue weighted by atomic mass is 9.98. The van der Waals surface area contributed by atoms with Crippen LogP contribution in [0.3, 0.4) is 0 Å². The topological polar surface area (TPSA) is 53.2 Å². The number of para-hydroxylation sites is 1. The second kappa shape index (κ2) is 5.42. The number of nitriles is 1. The monoisotopic (exact) mass is 227 g/mol. The van der Waals surface area contributed by atoms with Gasteiger partial charge in [0.15, 0.2) is 0 Å². The minimum Gasteiger partial charge on any atom is -0.434 e. The van der Waals surface area contributed by atoms with Gasteiger partial charge in [0, 0.05) is 5.56 Å². The minimum absolute atomic E-state index is 0.105. The Balaban J connectivity index is 2.99. The van der Waals surface area contributed by atoms with Crippen LogP contribution in [0.4, 0.5) is 8.78 Å². The van der Waals surface area contributed by atoms with Crippen molar-refractivity contribution in [3.05, 3.63) is 29.8 Å². The Morgan fingerprint density at radius 1 is 1.38 bits per heavy atom. The van der Waals surface area contributed by atoms with Crippen LogP contribution < -0.4 is 4.74 Å². The van der Waals surface area contributed by atoms with Gasteiger partial charge in [0.25, 0.3) is 0 Å². The number of benzene rings is 1. The first-order valence-electron chi connectivity index (χ1n) is 4.67. The van der Waals surface area contributed by atoms with Gasteiger partial charge in [-0.2, -0.15) is 14.0 Å². The van der Waals surface area contributed by atoms with E-state index in [2.05, 4.69) is 4.74 Å². The molecule has 3 nitrogen and oxygen atoms in total. The second-order valence-corrected chi connectivity index (χ2v) is 3.28. The van der Waals surface area contributed by atoms with Crippen LogP contribution >= 0.6 is 0 Å². The Labute approximate surface area is 91.9 Å². The molecule has 0 aromatic heterocycles. The molecule has 0 spiro atoms. The molecule has 16 heavy (non-hydrogen) atoms. The number of ether oxygens (including phenoxy) is 1. The lowest BCUT2D eigenvalue weighted by Gasteiger charge is -2.16. The first-order chi connectivity index (χ1) is 7.56. The number of aliphatic hydroxyl groups is 1. The van der Waals surface area contributed by atoms with E-state index in [4.69, 9.17) is 5.26 Å². The van der Waals surface area contributed by atoms with Gasteiger partial charge >= 0.3 is 6.61 Å². The molecule has 0 fully saturated rings. The van der Waals surface area contributed by atoms with E-state index < -0.39 is 18.6 Å². The number of hydrogen-bond acceptors (Lipinski definition) is 3. The molecule has 0 bridgehead atoms. The van der Waals surface area contributed by atoms with E-state index in [1.54, 1.807) is 6.07 Å². The number of nitrogens with zero attached hydrogens (tertiary/aromatic N) is 1. The third-order valence-electron chi connectivity index (χ3n) is 2.13. The van der Waals surface area contributed by atoms with Gasteiger partial charge in [0.1, 0.15) is 5.75 Å².